The van der Waals surface area contributed by atoms with Gasteiger partial charge in [-0.15, -0.1) is 0 Å². The van der Waals surface area contributed by atoms with E-state index >= 15 is 0 Å². The highest BCUT2D eigenvalue weighted by atomic mass is 16.2. The van der Waals surface area contributed by atoms with Gasteiger partial charge in [-0.1, -0.05) is 36.4 Å². The predicted molar refractivity (Wildman–Crippen MR) is 142 cm³/mol. The molecule has 1 fully saturated rings. The summed E-state index contributed by atoms with van der Waals surface area (Å²) >= 11 is 0. The van der Waals surface area contributed by atoms with Crippen LogP contribution in [-0.2, 0) is 4.79 Å². The van der Waals surface area contributed by atoms with E-state index in [4.69, 9.17) is 0 Å². The highest BCUT2D eigenvalue weighted by Gasteiger charge is 2.32. The van der Waals surface area contributed by atoms with E-state index in [-0.39, 0.29) is 18.0 Å². The molecule has 0 saturated carbocycles. The van der Waals surface area contributed by atoms with E-state index < -0.39 is 0 Å². The second-order valence-electron chi connectivity index (χ2n) is 9.65. The molecule has 0 aromatic heterocycles. The van der Waals surface area contributed by atoms with E-state index in [2.05, 4.69) is 95.8 Å². The van der Waals surface area contributed by atoms with E-state index in [1.807, 2.05) is 11.0 Å². The minimum Gasteiger partial charge on any atom is -0.378 e. The number of carbonyl (C=O) groups excluding carboxylic acids is 1. The molecule has 0 aliphatic carbocycles. The van der Waals surface area contributed by atoms with Crippen LogP contribution in [0.3, 0.4) is 0 Å². The Labute approximate surface area is 203 Å². The standard InChI is InChI=1S/C29H34N4O/c1-21-18-28(30-25-9-5-4-6-10-25)27-20-24(12-13-29(27)33(21)22(2)34)23-8-7-11-26(19-23)32-16-14-31(3)15-17-32/h4-13,19-21,28,30H,14-18H2,1-3H3/t21-,28+/m1/s1. The molecule has 34 heavy (non-hydrogen) atoms. The molecule has 2 aliphatic rings. The fourth-order valence-electron chi connectivity index (χ4n) is 5.34. The highest BCUT2D eigenvalue weighted by Crippen LogP contribution is 2.41. The van der Waals surface area contributed by atoms with Crippen molar-refractivity contribution in [1.29, 1.82) is 0 Å². The molecule has 2 atom stereocenters. The molecule has 0 unspecified atom stereocenters. The van der Waals surface area contributed by atoms with Crippen molar-refractivity contribution in [3.8, 4) is 11.1 Å². The number of hydrogen-bond donors (Lipinski definition) is 1. The Morgan fingerprint density at radius 2 is 1.62 bits per heavy atom. The third kappa shape index (κ3) is 4.53. The van der Waals surface area contributed by atoms with E-state index in [0.29, 0.717) is 0 Å². The number of fused-ring (bicyclic) bond motifs is 1. The number of anilines is 3. The van der Waals surface area contributed by atoms with Gasteiger partial charge in [0.05, 0.1) is 6.04 Å². The van der Waals surface area contributed by atoms with Crippen LogP contribution in [0.25, 0.3) is 11.1 Å². The third-order valence-electron chi connectivity index (χ3n) is 7.18. The lowest BCUT2D eigenvalue weighted by Crippen LogP contribution is -2.44. The van der Waals surface area contributed by atoms with Crippen LogP contribution in [0.2, 0.25) is 0 Å². The van der Waals surface area contributed by atoms with Gasteiger partial charge in [0.25, 0.3) is 0 Å². The van der Waals surface area contributed by atoms with Gasteiger partial charge < -0.3 is 20.0 Å². The van der Waals surface area contributed by atoms with E-state index in [1.165, 1.54) is 22.4 Å². The monoisotopic (exact) mass is 454 g/mol. The van der Waals surface area contributed by atoms with Crippen molar-refractivity contribution >= 4 is 23.0 Å². The molecule has 0 radical (unpaired) electrons. The van der Waals surface area contributed by atoms with E-state index in [0.717, 1.165) is 44.0 Å². The van der Waals surface area contributed by atoms with Gasteiger partial charge in [-0.25, -0.2) is 0 Å². The average Bonchev–Trinajstić information content (AvgIpc) is 2.85. The van der Waals surface area contributed by atoms with E-state index in [9.17, 15) is 4.79 Å². The molecule has 176 valence electrons. The van der Waals surface area contributed by atoms with Gasteiger partial charge >= 0.3 is 0 Å². The van der Waals surface area contributed by atoms with Crippen LogP contribution in [0.4, 0.5) is 17.1 Å². The number of benzene rings is 3. The van der Waals surface area contributed by atoms with Crippen molar-refractivity contribution in [3.63, 3.8) is 0 Å². The summed E-state index contributed by atoms with van der Waals surface area (Å²) < 4.78 is 0. The van der Waals surface area contributed by atoms with E-state index in [1.54, 1.807) is 6.92 Å². The molecule has 2 aliphatic heterocycles. The second-order valence-corrected chi connectivity index (χ2v) is 9.65. The Balaban J connectivity index is 1.50. The van der Waals surface area contributed by atoms with Gasteiger partial charge in [-0.3, -0.25) is 4.79 Å². The van der Waals surface area contributed by atoms with Crippen LogP contribution in [0.5, 0.6) is 0 Å². The van der Waals surface area contributed by atoms with Crippen molar-refractivity contribution in [2.24, 2.45) is 0 Å². The van der Waals surface area contributed by atoms with Gasteiger partial charge in [0.15, 0.2) is 0 Å². The Hall–Kier alpha value is -3.31. The highest BCUT2D eigenvalue weighted by molar-refractivity contribution is 5.94. The summed E-state index contributed by atoms with van der Waals surface area (Å²) in [7, 11) is 2.19. The zero-order chi connectivity index (χ0) is 23.7. The van der Waals surface area contributed by atoms with Crippen molar-refractivity contribution in [1.82, 2.24) is 4.90 Å². The molecule has 5 heteroatoms. The van der Waals surface area contributed by atoms with Gasteiger partial charge in [0.1, 0.15) is 0 Å². The van der Waals surface area contributed by atoms with Gasteiger partial charge in [0, 0.05) is 56.2 Å². The summed E-state index contributed by atoms with van der Waals surface area (Å²) in [6.45, 7) is 8.09. The number of hydrogen-bond acceptors (Lipinski definition) is 4. The fourth-order valence-corrected chi connectivity index (χ4v) is 5.34. The summed E-state index contributed by atoms with van der Waals surface area (Å²) in [5.41, 5.74) is 6.97. The first-order chi connectivity index (χ1) is 16.5. The van der Waals surface area contributed by atoms with Crippen LogP contribution >= 0.6 is 0 Å². The molecule has 0 bridgehead atoms. The van der Waals surface area contributed by atoms with Crippen LogP contribution < -0.4 is 15.1 Å². The van der Waals surface area contributed by atoms with Crippen LogP contribution in [-0.4, -0.2) is 50.1 Å². The Bertz CT molecular complexity index is 1150. The second kappa shape index (κ2) is 9.51. The Kier molecular flexibility index (Phi) is 6.29. The topological polar surface area (TPSA) is 38.8 Å². The number of para-hydroxylation sites is 1. The molecule has 5 rings (SSSR count). The summed E-state index contributed by atoms with van der Waals surface area (Å²) in [5.74, 6) is 0.0942. The van der Waals surface area contributed by atoms with Crippen LogP contribution in [0, 0.1) is 0 Å². The fraction of sp³-hybridized carbons (Fsp3) is 0.345. The molecule has 1 N–H and O–H groups in total. The molecule has 5 nitrogen and oxygen atoms in total. The van der Waals surface area contributed by atoms with Crippen LogP contribution in [0.1, 0.15) is 31.9 Å². The maximum absolute atomic E-state index is 12.5. The number of carbonyl (C=O) groups is 1. The average molecular weight is 455 g/mol. The summed E-state index contributed by atoms with van der Waals surface area (Å²) in [5, 5.41) is 3.72. The minimum atomic E-state index is 0.0942. The summed E-state index contributed by atoms with van der Waals surface area (Å²) in [4.78, 5) is 19.3. The molecule has 3 aromatic rings. The summed E-state index contributed by atoms with van der Waals surface area (Å²) in [6, 6.07) is 26.1. The Morgan fingerprint density at radius 3 is 2.35 bits per heavy atom. The smallest absolute Gasteiger partial charge is 0.224 e. The van der Waals surface area contributed by atoms with Crippen molar-refractivity contribution < 1.29 is 4.79 Å². The summed E-state index contributed by atoms with van der Waals surface area (Å²) in [6.07, 6.45) is 0.867. The largest absolute Gasteiger partial charge is 0.378 e. The maximum atomic E-state index is 12.5. The molecule has 3 aromatic carbocycles. The third-order valence-corrected chi connectivity index (χ3v) is 7.18. The number of nitrogens with one attached hydrogen (secondary N) is 1. The quantitative estimate of drug-likeness (QED) is 0.573. The molecule has 2 heterocycles. The lowest BCUT2D eigenvalue weighted by Gasteiger charge is -2.40. The molecular weight excluding hydrogens is 420 g/mol. The predicted octanol–water partition coefficient (Wildman–Crippen LogP) is 5.40. The van der Waals surface area contributed by atoms with Crippen molar-refractivity contribution in [2.75, 3.05) is 48.3 Å². The zero-order valence-electron chi connectivity index (χ0n) is 20.4. The van der Waals surface area contributed by atoms with Gasteiger partial charge in [-0.05, 0) is 73.5 Å². The number of piperazine rings is 1. The normalized spacial score (nSPS) is 20.7. The lowest BCUT2D eigenvalue weighted by atomic mass is 9.88. The number of likely N-dealkylation sites (N-methyl/N-ethyl adjacent to an activating group) is 1. The molecule has 0 spiro atoms. The lowest BCUT2D eigenvalue weighted by molar-refractivity contribution is -0.117. The number of amides is 1. The number of rotatable bonds is 4. The Morgan fingerprint density at radius 1 is 0.882 bits per heavy atom. The first-order valence-corrected chi connectivity index (χ1v) is 12.3. The maximum Gasteiger partial charge on any atom is 0.224 e. The molecule has 1 amide bonds. The molecular formula is C29H34N4O. The van der Waals surface area contributed by atoms with Gasteiger partial charge in [0.2, 0.25) is 5.91 Å². The van der Waals surface area contributed by atoms with Crippen LogP contribution in [0.15, 0.2) is 72.8 Å². The first kappa shape index (κ1) is 22.5. The zero-order valence-corrected chi connectivity index (χ0v) is 20.4. The molecule has 1 saturated heterocycles. The minimum absolute atomic E-state index is 0.0942. The van der Waals surface area contributed by atoms with Crippen molar-refractivity contribution in [3.05, 3.63) is 78.4 Å². The van der Waals surface area contributed by atoms with Gasteiger partial charge in [-0.2, -0.15) is 0 Å². The SMILES string of the molecule is CC(=O)N1c2ccc(-c3cccc(N4CCN(C)CC4)c3)cc2[C@@H](Nc2ccccc2)C[C@H]1C. The van der Waals surface area contributed by atoms with Crippen molar-refractivity contribution in [2.45, 2.75) is 32.4 Å². The number of nitrogens with zero attached hydrogens (tertiary/aromatic N) is 3. The first-order valence-electron chi connectivity index (χ1n) is 12.3.